The fourth-order valence-corrected chi connectivity index (χ4v) is 2.75. The molecule has 1 nitrogen and oxygen atoms in total. The van der Waals surface area contributed by atoms with E-state index >= 15 is 0 Å². The Kier molecular flexibility index (Phi) is 3.34. The Morgan fingerprint density at radius 3 is 2.09 bits per heavy atom. The zero-order valence-electron chi connectivity index (χ0n) is 11.5. The van der Waals surface area contributed by atoms with Gasteiger partial charge < -0.3 is 4.74 Å². The summed E-state index contributed by atoms with van der Waals surface area (Å²) < 4.78 is 72.8. The summed E-state index contributed by atoms with van der Waals surface area (Å²) in [5.74, 6) is -9.03. The zero-order valence-corrected chi connectivity index (χ0v) is 11.5. The molecule has 3 rings (SSSR count). The fraction of sp³-hybridized carbons (Fsp3) is 0.250. The van der Waals surface area contributed by atoms with Crippen LogP contribution in [0.5, 0.6) is 5.75 Å². The quantitative estimate of drug-likeness (QED) is 0.457. The van der Waals surface area contributed by atoms with Gasteiger partial charge in [0.1, 0.15) is 5.75 Å². The fourth-order valence-electron chi connectivity index (χ4n) is 2.75. The molecule has 0 aromatic heterocycles. The van der Waals surface area contributed by atoms with E-state index in [4.69, 9.17) is 4.74 Å². The number of ether oxygens (including phenoxy) is 1. The first-order valence-corrected chi connectivity index (χ1v) is 6.58. The van der Waals surface area contributed by atoms with Gasteiger partial charge in [0.2, 0.25) is 5.82 Å². The monoisotopic (exact) mass is 314 g/mol. The Morgan fingerprint density at radius 1 is 0.909 bits per heavy atom. The number of hydrogen-bond acceptors (Lipinski definition) is 1. The van der Waals surface area contributed by atoms with E-state index in [1.807, 2.05) is 0 Å². The van der Waals surface area contributed by atoms with Crippen LogP contribution >= 0.6 is 0 Å². The molecule has 0 amide bonds. The van der Waals surface area contributed by atoms with Crippen LogP contribution in [0.3, 0.4) is 0 Å². The molecule has 1 aliphatic rings. The Bertz CT molecular complexity index is 729. The lowest BCUT2D eigenvalue weighted by atomic mass is 9.79. The lowest BCUT2D eigenvalue weighted by Gasteiger charge is -2.23. The molecule has 0 bridgehead atoms. The summed E-state index contributed by atoms with van der Waals surface area (Å²) in [6, 6.07) is 6.88. The predicted octanol–water partition coefficient (Wildman–Crippen LogP) is 4.27. The first kappa shape index (κ1) is 14.8. The lowest BCUT2D eigenvalue weighted by molar-refractivity contribution is 0.271. The molecule has 1 atom stereocenters. The normalized spacial score (nSPS) is 19.9. The van der Waals surface area contributed by atoms with Crippen molar-refractivity contribution in [3.63, 3.8) is 0 Å². The van der Waals surface area contributed by atoms with Gasteiger partial charge >= 0.3 is 0 Å². The summed E-state index contributed by atoms with van der Waals surface area (Å²) in [7, 11) is 0. The van der Waals surface area contributed by atoms with Gasteiger partial charge in [-0.1, -0.05) is 25.1 Å². The summed E-state index contributed by atoms with van der Waals surface area (Å²) in [6.07, 6.45) is -0.351. The van der Waals surface area contributed by atoms with Crippen LogP contribution in [0.15, 0.2) is 24.3 Å². The van der Waals surface area contributed by atoms with Gasteiger partial charge in [-0.25, -0.2) is 22.0 Å². The second kappa shape index (κ2) is 4.97. The van der Waals surface area contributed by atoms with E-state index in [1.54, 1.807) is 31.2 Å². The maximum absolute atomic E-state index is 13.8. The molecule has 0 N–H and O–H groups in total. The molecule has 0 saturated carbocycles. The van der Waals surface area contributed by atoms with Crippen LogP contribution in [0, 0.1) is 29.1 Å². The molecule has 0 unspecified atom stereocenters. The van der Waals surface area contributed by atoms with Gasteiger partial charge in [-0.2, -0.15) is 0 Å². The second-order valence-electron chi connectivity index (χ2n) is 5.57. The molecule has 22 heavy (non-hydrogen) atoms. The zero-order chi connectivity index (χ0) is 16.1. The number of hydrogen-bond donors (Lipinski definition) is 0. The standard InChI is InChI=1S/C16H11F5O/c1-16(7-22-10-5-3-2-4-9(10)16)6-8-11(17)13(19)15(21)14(20)12(8)18/h2-5H,6-7H2,1H3/t16-/m0/s1. The summed E-state index contributed by atoms with van der Waals surface area (Å²) in [4.78, 5) is 0. The van der Waals surface area contributed by atoms with Crippen LogP contribution in [0.1, 0.15) is 18.1 Å². The van der Waals surface area contributed by atoms with E-state index in [-0.39, 0.29) is 13.0 Å². The van der Waals surface area contributed by atoms with Gasteiger partial charge in [-0.15, -0.1) is 0 Å². The molecule has 0 fully saturated rings. The average Bonchev–Trinajstić information content (AvgIpc) is 2.86. The van der Waals surface area contributed by atoms with Crippen LogP contribution in [0.4, 0.5) is 22.0 Å². The highest BCUT2D eigenvalue weighted by Gasteiger charge is 2.39. The van der Waals surface area contributed by atoms with Crippen LogP contribution in [-0.4, -0.2) is 6.61 Å². The van der Waals surface area contributed by atoms with E-state index < -0.39 is 40.1 Å². The maximum Gasteiger partial charge on any atom is 0.200 e. The molecule has 1 aliphatic heterocycles. The van der Waals surface area contributed by atoms with Gasteiger partial charge in [0.05, 0.1) is 6.61 Å². The average molecular weight is 314 g/mol. The Hall–Kier alpha value is -2.11. The molecule has 0 saturated heterocycles. The van der Waals surface area contributed by atoms with Crippen molar-refractivity contribution in [2.24, 2.45) is 0 Å². The van der Waals surface area contributed by atoms with Crippen molar-refractivity contribution in [2.45, 2.75) is 18.8 Å². The van der Waals surface area contributed by atoms with Crippen LogP contribution < -0.4 is 4.74 Å². The smallest absolute Gasteiger partial charge is 0.200 e. The van der Waals surface area contributed by atoms with Crippen LogP contribution in [0.25, 0.3) is 0 Å². The number of benzene rings is 2. The molecule has 2 aromatic carbocycles. The Balaban J connectivity index is 2.09. The summed E-state index contributed by atoms with van der Waals surface area (Å²) in [5, 5.41) is 0. The number of para-hydroxylation sites is 1. The van der Waals surface area contributed by atoms with Gasteiger partial charge in [-0.3, -0.25) is 0 Å². The highest BCUT2D eigenvalue weighted by molar-refractivity contribution is 5.44. The highest BCUT2D eigenvalue weighted by atomic mass is 19.2. The van der Waals surface area contributed by atoms with E-state index in [9.17, 15) is 22.0 Å². The summed E-state index contributed by atoms with van der Waals surface area (Å²) >= 11 is 0. The second-order valence-corrected chi connectivity index (χ2v) is 5.57. The molecular formula is C16H11F5O. The first-order chi connectivity index (χ1) is 10.3. The minimum atomic E-state index is -2.15. The molecule has 6 heteroatoms. The predicted molar refractivity (Wildman–Crippen MR) is 69.2 cm³/mol. The molecule has 116 valence electrons. The van der Waals surface area contributed by atoms with Crippen molar-refractivity contribution < 1.29 is 26.7 Å². The molecule has 0 spiro atoms. The Morgan fingerprint density at radius 2 is 1.45 bits per heavy atom. The largest absolute Gasteiger partial charge is 0.492 e. The van der Waals surface area contributed by atoms with E-state index in [0.717, 1.165) is 0 Å². The molecule has 2 aromatic rings. The third kappa shape index (κ3) is 2.05. The minimum absolute atomic E-state index is 0.103. The molecular weight excluding hydrogens is 303 g/mol. The van der Waals surface area contributed by atoms with Crippen LogP contribution in [0.2, 0.25) is 0 Å². The molecule has 0 radical (unpaired) electrons. The summed E-state index contributed by atoms with van der Waals surface area (Å²) in [6.45, 7) is 1.77. The van der Waals surface area contributed by atoms with Crippen molar-refractivity contribution >= 4 is 0 Å². The van der Waals surface area contributed by atoms with Crippen molar-refractivity contribution in [3.05, 3.63) is 64.5 Å². The summed E-state index contributed by atoms with van der Waals surface area (Å²) in [5.41, 5.74) is -1.01. The highest BCUT2D eigenvalue weighted by Crippen LogP contribution is 2.41. The number of rotatable bonds is 2. The van der Waals surface area contributed by atoms with Gasteiger partial charge in [-0.05, 0) is 12.5 Å². The van der Waals surface area contributed by atoms with Crippen molar-refractivity contribution in [2.75, 3.05) is 6.61 Å². The van der Waals surface area contributed by atoms with Gasteiger partial charge in [0, 0.05) is 16.5 Å². The third-order valence-electron chi connectivity index (χ3n) is 3.95. The minimum Gasteiger partial charge on any atom is -0.492 e. The lowest BCUT2D eigenvalue weighted by Crippen LogP contribution is -2.28. The van der Waals surface area contributed by atoms with Crippen molar-refractivity contribution in [1.29, 1.82) is 0 Å². The number of halogens is 5. The Labute approximate surface area is 123 Å². The topological polar surface area (TPSA) is 9.23 Å². The van der Waals surface area contributed by atoms with E-state index in [0.29, 0.717) is 11.3 Å². The first-order valence-electron chi connectivity index (χ1n) is 6.58. The van der Waals surface area contributed by atoms with Crippen molar-refractivity contribution in [1.82, 2.24) is 0 Å². The molecule has 1 heterocycles. The van der Waals surface area contributed by atoms with E-state index in [1.165, 1.54) is 0 Å². The van der Waals surface area contributed by atoms with Crippen molar-refractivity contribution in [3.8, 4) is 5.75 Å². The molecule has 0 aliphatic carbocycles. The number of fused-ring (bicyclic) bond motifs is 1. The third-order valence-corrected chi connectivity index (χ3v) is 3.95. The SMILES string of the molecule is C[C@]1(Cc2c(F)c(F)c(F)c(F)c2F)COc2ccccc21. The van der Waals surface area contributed by atoms with E-state index in [2.05, 4.69) is 0 Å². The van der Waals surface area contributed by atoms with Gasteiger partial charge in [0.25, 0.3) is 0 Å². The van der Waals surface area contributed by atoms with Crippen LogP contribution in [-0.2, 0) is 11.8 Å². The van der Waals surface area contributed by atoms with Gasteiger partial charge in [0.15, 0.2) is 23.3 Å². The maximum atomic E-state index is 13.8.